The maximum absolute atomic E-state index is 13.8. The van der Waals surface area contributed by atoms with Crippen LogP contribution >= 0.6 is 0 Å². The Hall–Kier alpha value is -2.68. The average Bonchev–Trinajstić information content (AvgIpc) is 2.51. The van der Waals surface area contributed by atoms with Crippen molar-refractivity contribution in [2.24, 2.45) is 0 Å². The third-order valence-corrected chi connectivity index (χ3v) is 2.74. The van der Waals surface area contributed by atoms with E-state index in [4.69, 9.17) is 9.84 Å². The minimum absolute atomic E-state index is 0.166. The molecule has 0 amide bonds. The number of aromatic hydroxyl groups is 1. The lowest BCUT2D eigenvalue weighted by Gasteiger charge is -2.05. The molecule has 114 valence electrons. The largest absolute Gasteiger partial charge is 0.505 e. The molecule has 0 aliphatic carbocycles. The number of halogens is 4. The lowest BCUT2D eigenvalue weighted by atomic mass is 10.1. The normalized spacial score (nSPS) is 10.0. The second-order valence-electron chi connectivity index (χ2n) is 4.18. The van der Waals surface area contributed by atoms with Gasteiger partial charge in [-0.3, -0.25) is 0 Å². The molecule has 2 rings (SSSR count). The van der Waals surface area contributed by atoms with Gasteiger partial charge in [-0.1, -0.05) is 11.8 Å². The summed E-state index contributed by atoms with van der Waals surface area (Å²) in [6.07, 6.45) is 0. The fourth-order valence-corrected chi connectivity index (χ4v) is 1.67. The zero-order valence-corrected chi connectivity index (χ0v) is 11.4. The molecule has 22 heavy (non-hydrogen) atoms. The molecule has 0 fully saturated rings. The maximum atomic E-state index is 13.8. The second kappa shape index (κ2) is 6.39. The first-order valence-electron chi connectivity index (χ1n) is 6.25. The molecule has 0 aromatic heterocycles. The highest BCUT2D eigenvalue weighted by Gasteiger charge is 2.14. The van der Waals surface area contributed by atoms with Gasteiger partial charge < -0.3 is 9.84 Å². The summed E-state index contributed by atoms with van der Waals surface area (Å²) in [4.78, 5) is 0. The zero-order chi connectivity index (χ0) is 16.3. The molecule has 0 aliphatic heterocycles. The number of hydrogen-bond donors (Lipinski definition) is 1. The van der Waals surface area contributed by atoms with Crippen LogP contribution in [0.3, 0.4) is 0 Å². The van der Waals surface area contributed by atoms with Crippen LogP contribution in [0.25, 0.3) is 0 Å². The molecular formula is C16H10F4O2. The highest BCUT2D eigenvalue weighted by atomic mass is 19.2. The van der Waals surface area contributed by atoms with Crippen molar-refractivity contribution >= 4 is 0 Å². The van der Waals surface area contributed by atoms with E-state index in [9.17, 15) is 17.6 Å². The quantitative estimate of drug-likeness (QED) is 0.676. The van der Waals surface area contributed by atoms with Gasteiger partial charge in [0, 0.05) is 0 Å². The van der Waals surface area contributed by atoms with Crippen LogP contribution < -0.4 is 4.74 Å². The standard InChI is InChI=1S/C16H10F4O2/c1-2-22-12-8-6-10(14(18)16(12)20)4-3-9-5-7-11(21)15(19)13(9)17/h5-8,21H,2H2,1H3. The van der Waals surface area contributed by atoms with Crippen LogP contribution in [0, 0.1) is 35.1 Å². The summed E-state index contributed by atoms with van der Waals surface area (Å²) in [6.45, 7) is 1.78. The Morgan fingerprint density at radius 3 is 2.00 bits per heavy atom. The molecule has 2 nitrogen and oxygen atoms in total. The maximum Gasteiger partial charge on any atom is 0.201 e. The number of phenolic OH excluding ortho intramolecular Hbond substituents is 1. The number of rotatable bonds is 2. The SMILES string of the molecule is CCOc1ccc(C#Cc2ccc(O)c(F)c2F)c(F)c1F. The summed E-state index contributed by atoms with van der Waals surface area (Å²) in [5.41, 5.74) is -0.710. The monoisotopic (exact) mass is 310 g/mol. The van der Waals surface area contributed by atoms with Crippen molar-refractivity contribution in [2.75, 3.05) is 6.61 Å². The fraction of sp³-hybridized carbons (Fsp3) is 0.125. The Labute approximate surface area is 124 Å². The molecule has 0 saturated heterocycles. The molecule has 0 spiro atoms. The van der Waals surface area contributed by atoms with Crippen LogP contribution in [0.5, 0.6) is 11.5 Å². The molecule has 0 aliphatic rings. The van der Waals surface area contributed by atoms with E-state index >= 15 is 0 Å². The van der Waals surface area contributed by atoms with E-state index in [-0.39, 0.29) is 23.5 Å². The number of benzene rings is 2. The Kier molecular flexibility index (Phi) is 4.56. The molecule has 2 aromatic carbocycles. The van der Waals surface area contributed by atoms with Crippen molar-refractivity contribution in [1.29, 1.82) is 0 Å². The average molecular weight is 310 g/mol. The molecule has 0 saturated carbocycles. The van der Waals surface area contributed by atoms with Crippen molar-refractivity contribution in [2.45, 2.75) is 6.92 Å². The first-order chi connectivity index (χ1) is 10.5. The van der Waals surface area contributed by atoms with Crippen LogP contribution in [0.15, 0.2) is 24.3 Å². The van der Waals surface area contributed by atoms with Crippen molar-refractivity contribution in [3.8, 4) is 23.3 Å². The molecule has 0 atom stereocenters. The lowest BCUT2D eigenvalue weighted by molar-refractivity contribution is 0.314. The lowest BCUT2D eigenvalue weighted by Crippen LogP contribution is -1.98. The highest BCUT2D eigenvalue weighted by molar-refractivity contribution is 5.47. The van der Waals surface area contributed by atoms with E-state index in [0.29, 0.717) is 0 Å². The van der Waals surface area contributed by atoms with Gasteiger partial charge in [-0.05, 0) is 31.2 Å². The van der Waals surface area contributed by atoms with E-state index in [0.717, 1.165) is 12.1 Å². The van der Waals surface area contributed by atoms with Gasteiger partial charge in [-0.25, -0.2) is 8.78 Å². The van der Waals surface area contributed by atoms with Crippen molar-refractivity contribution < 1.29 is 27.4 Å². The molecule has 0 radical (unpaired) electrons. The number of phenols is 1. The van der Waals surface area contributed by atoms with Crippen LogP contribution in [0.2, 0.25) is 0 Å². The van der Waals surface area contributed by atoms with Gasteiger partial charge in [-0.15, -0.1) is 0 Å². The van der Waals surface area contributed by atoms with E-state index in [1.165, 1.54) is 12.1 Å². The van der Waals surface area contributed by atoms with E-state index in [1.54, 1.807) is 6.92 Å². The topological polar surface area (TPSA) is 29.5 Å². The molecule has 1 N–H and O–H groups in total. The summed E-state index contributed by atoms with van der Waals surface area (Å²) in [7, 11) is 0. The predicted octanol–water partition coefficient (Wildman–Crippen LogP) is 3.75. The van der Waals surface area contributed by atoms with E-state index < -0.39 is 29.0 Å². The minimum Gasteiger partial charge on any atom is -0.505 e. The van der Waals surface area contributed by atoms with Gasteiger partial charge in [0.25, 0.3) is 0 Å². The minimum atomic E-state index is -1.45. The first kappa shape index (κ1) is 15.7. The van der Waals surface area contributed by atoms with Crippen molar-refractivity contribution in [3.63, 3.8) is 0 Å². The summed E-state index contributed by atoms with van der Waals surface area (Å²) in [5, 5.41) is 8.98. The Morgan fingerprint density at radius 2 is 1.41 bits per heavy atom. The summed E-state index contributed by atoms with van der Waals surface area (Å²) in [6, 6.07) is 4.31. The highest BCUT2D eigenvalue weighted by Crippen LogP contribution is 2.23. The van der Waals surface area contributed by atoms with Gasteiger partial charge in [0.1, 0.15) is 0 Å². The van der Waals surface area contributed by atoms with Gasteiger partial charge in [-0.2, -0.15) is 8.78 Å². The molecule has 6 heteroatoms. The molecule has 0 unspecified atom stereocenters. The van der Waals surface area contributed by atoms with Crippen LogP contribution in [-0.2, 0) is 0 Å². The molecule has 0 heterocycles. The Balaban J connectivity index is 2.41. The van der Waals surface area contributed by atoms with Crippen LogP contribution in [-0.4, -0.2) is 11.7 Å². The van der Waals surface area contributed by atoms with Crippen molar-refractivity contribution in [1.82, 2.24) is 0 Å². The number of hydrogen-bond acceptors (Lipinski definition) is 2. The van der Waals surface area contributed by atoms with Crippen molar-refractivity contribution in [3.05, 3.63) is 58.7 Å². The fourth-order valence-electron chi connectivity index (χ4n) is 1.67. The third kappa shape index (κ3) is 2.98. The summed E-state index contributed by atoms with van der Waals surface area (Å²) < 4.78 is 58.9. The molecule has 0 bridgehead atoms. The second-order valence-corrected chi connectivity index (χ2v) is 4.18. The smallest absolute Gasteiger partial charge is 0.201 e. The van der Waals surface area contributed by atoms with Crippen LogP contribution in [0.4, 0.5) is 17.6 Å². The predicted molar refractivity (Wildman–Crippen MR) is 71.5 cm³/mol. The van der Waals surface area contributed by atoms with E-state index in [2.05, 4.69) is 11.8 Å². The Bertz CT molecular complexity index is 776. The molecule has 2 aromatic rings. The zero-order valence-electron chi connectivity index (χ0n) is 11.4. The van der Waals surface area contributed by atoms with Gasteiger partial charge in [0.05, 0.1) is 17.7 Å². The Morgan fingerprint density at radius 1 is 0.864 bits per heavy atom. The third-order valence-electron chi connectivity index (χ3n) is 2.74. The van der Waals surface area contributed by atoms with Gasteiger partial charge in [0.2, 0.25) is 11.6 Å². The van der Waals surface area contributed by atoms with Gasteiger partial charge >= 0.3 is 0 Å². The van der Waals surface area contributed by atoms with E-state index in [1.807, 2.05) is 0 Å². The first-order valence-corrected chi connectivity index (χ1v) is 6.25. The molecular weight excluding hydrogens is 300 g/mol. The summed E-state index contributed by atoms with van der Waals surface area (Å²) >= 11 is 0. The summed E-state index contributed by atoms with van der Waals surface area (Å²) in [5.74, 6) is -1.96. The number of ether oxygens (including phenoxy) is 1. The van der Waals surface area contributed by atoms with Gasteiger partial charge in [0.15, 0.2) is 23.1 Å². The van der Waals surface area contributed by atoms with Crippen LogP contribution in [0.1, 0.15) is 18.1 Å².